The van der Waals surface area contributed by atoms with Gasteiger partial charge in [0.1, 0.15) is 6.33 Å². The number of nitrogens with one attached hydrogen (secondary N) is 2. The first kappa shape index (κ1) is 21.2. The molecule has 0 bridgehead atoms. The zero-order chi connectivity index (χ0) is 22.2. The van der Waals surface area contributed by atoms with Gasteiger partial charge < -0.3 is 10.2 Å². The van der Waals surface area contributed by atoms with Crippen LogP contribution in [0.4, 0.5) is 5.13 Å². The highest BCUT2D eigenvalue weighted by atomic mass is 32.2. The number of allylic oxidation sites excluding steroid dienone is 3. The van der Waals surface area contributed by atoms with Crippen molar-refractivity contribution in [2.24, 2.45) is 5.73 Å². The first-order valence-corrected chi connectivity index (χ1v) is 11.8. The third kappa shape index (κ3) is 4.24. The van der Waals surface area contributed by atoms with E-state index in [0.717, 1.165) is 41.1 Å². The fraction of sp³-hybridized carbons (Fsp3) is 0.250. The first-order chi connectivity index (χ1) is 14.8. The van der Waals surface area contributed by atoms with Gasteiger partial charge in [0.25, 0.3) is 15.7 Å². The van der Waals surface area contributed by atoms with Gasteiger partial charge in [-0.05, 0) is 42.5 Å². The summed E-state index contributed by atoms with van der Waals surface area (Å²) in [6, 6.07) is 4.56. The van der Waals surface area contributed by atoms with E-state index in [0.29, 0.717) is 18.5 Å². The number of sulfonamides is 1. The average Bonchev–Trinajstić information content (AvgIpc) is 3.34. The van der Waals surface area contributed by atoms with Gasteiger partial charge in [-0.2, -0.15) is 4.37 Å². The van der Waals surface area contributed by atoms with Crippen LogP contribution >= 0.6 is 11.5 Å². The number of fused-ring (bicyclic) bond motifs is 1. The number of aromatic nitrogens is 3. The van der Waals surface area contributed by atoms with Crippen molar-refractivity contribution < 1.29 is 12.8 Å². The fourth-order valence-corrected chi connectivity index (χ4v) is 5.29. The summed E-state index contributed by atoms with van der Waals surface area (Å²) in [5.74, 6) is 0. The molecule has 1 fully saturated rings. The van der Waals surface area contributed by atoms with Crippen molar-refractivity contribution >= 4 is 37.8 Å². The number of rotatable bonds is 6. The summed E-state index contributed by atoms with van der Waals surface area (Å²) in [5, 5.41) is 8.44. The highest BCUT2D eigenvalue weighted by Crippen LogP contribution is 2.31. The molecule has 1 unspecified atom stereocenters. The van der Waals surface area contributed by atoms with E-state index in [1.54, 1.807) is 16.7 Å². The SMILES string of the molecule is C=CC(Cn1c(=N)oc2cc(S(=O)(=O)Nc3ncns3)ccc21)=C1CC(N)CCC1=C. The summed E-state index contributed by atoms with van der Waals surface area (Å²) < 4.78 is 38.6. The summed E-state index contributed by atoms with van der Waals surface area (Å²) in [7, 11) is -3.86. The van der Waals surface area contributed by atoms with Crippen LogP contribution in [0.1, 0.15) is 19.3 Å². The zero-order valence-electron chi connectivity index (χ0n) is 16.7. The van der Waals surface area contributed by atoms with Gasteiger partial charge in [-0.15, -0.1) is 0 Å². The van der Waals surface area contributed by atoms with Crippen LogP contribution < -0.4 is 16.1 Å². The van der Waals surface area contributed by atoms with Crippen LogP contribution in [0.5, 0.6) is 0 Å². The topological polar surface area (TPSA) is 140 Å². The predicted octanol–water partition coefficient (Wildman–Crippen LogP) is 2.92. The number of nitrogens with zero attached hydrogens (tertiary/aromatic N) is 3. The Morgan fingerprint density at radius 3 is 3.00 bits per heavy atom. The summed E-state index contributed by atoms with van der Waals surface area (Å²) in [5.41, 5.74) is 9.97. The molecule has 31 heavy (non-hydrogen) atoms. The van der Waals surface area contributed by atoms with Crippen molar-refractivity contribution in [3.8, 4) is 0 Å². The average molecular weight is 459 g/mol. The third-order valence-corrected chi connectivity index (χ3v) is 7.29. The van der Waals surface area contributed by atoms with Crippen molar-refractivity contribution in [3.63, 3.8) is 0 Å². The highest BCUT2D eigenvalue weighted by molar-refractivity contribution is 7.93. The molecule has 4 rings (SSSR count). The summed E-state index contributed by atoms with van der Waals surface area (Å²) >= 11 is 0.938. The van der Waals surface area contributed by atoms with E-state index < -0.39 is 10.0 Å². The molecule has 1 aromatic carbocycles. The molecule has 9 nitrogen and oxygen atoms in total. The van der Waals surface area contributed by atoms with Gasteiger partial charge in [0, 0.05) is 23.6 Å². The number of anilines is 1. The lowest BCUT2D eigenvalue weighted by Gasteiger charge is -2.25. The standard InChI is InChI=1S/C20H22N6O3S2/c1-3-13(16-8-14(21)5-4-12(16)2)10-26-17-7-6-15(9-18(17)29-19(26)22)31(27,28)25-20-23-11-24-30-20/h3,6-7,9,11,14,22H,1-2,4-5,8,10,21H2,(H,23,24,25). The molecule has 1 atom stereocenters. The van der Waals surface area contributed by atoms with E-state index in [9.17, 15) is 8.42 Å². The van der Waals surface area contributed by atoms with Gasteiger partial charge in [-0.1, -0.05) is 24.8 Å². The second-order valence-corrected chi connectivity index (χ2v) is 9.75. The van der Waals surface area contributed by atoms with Crippen LogP contribution in [-0.2, 0) is 16.6 Å². The predicted molar refractivity (Wildman–Crippen MR) is 119 cm³/mol. The minimum Gasteiger partial charge on any atom is -0.424 e. The summed E-state index contributed by atoms with van der Waals surface area (Å²) in [6.07, 6.45) is 5.48. The molecule has 0 amide bonds. The van der Waals surface area contributed by atoms with Crippen LogP contribution in [-0.4, -0.2) is 28.4 Å². The second-order valence-electron chi connectivity index (χ2n) is 7.29. The van der Waals surface area contributed by atoms with Gasteiger partial charge in [0.2, 0.25) is 5.13 Å². The largest absolute Gasteiger partial charge is 0.424 e. The number of benzene rings is 1. The highest BCUT2D eigenvalue weighted by Gasteiger charge is 2.21. The van der Waals surface area contributed by atoms with Crippen LogP contribution in [0.3, 0.4) is 0 Å². The van der Waals surface area contributed by atoms with E-state index in [-0.39, 0.29) is 27.3 Å². The lowest BCUT2D eigenvalue weighted by atomic mass is 9.84. The first-order valence-electron chi connectivity index (χ1n) is 9.54. The molecule has 4 N–H and O–H groups in total. The molecule has 2 heterocycles. The smallest absolute Gasteiger partial charge is 0.295 e. The maximum Gasteiger partial charge on any atom is 0.295 e. The number of oxazole rings is 1. The van der Waals surface area contributed by atoms with Crippen molar-refractivity contribution in [1.29, 1.82) is 5.41 Å². The molecule has 2 aromatic heterocycles. The van der Waals surface area contributed by atoms with Crippen molar-refractivity contribution in [1.82, 2.24) is 13.9 Å². The van der Waals surface area contributed by atoms with E-state index >= 15 is 0 Å². The number of nitrogens with two attached hydrogens (primary N) is 1. The van der Waals surface area contributed by atoms with Crippen LogP contribution in [0.25, 0.3) is 11.1 Å². The molecule has 1 aliphatic carbocycles. The Hall–Kier alpha value is -3.02. The number of hydrogen-bond acceptors (Lipinski definition) is 8. The van der Waals surface area contributed by atoms with Crippen molar-refractivity contribution in [2.75, 3.05) is 4.72 Å². The molecule has 0 spiro atoms. The van der Waals surface area contributed by atoms with Gasteiger partial charge in [0.15, 0.2) is 5.58 Å². The monoisotopic (exact) mass is 458 g/mol. The molecular weight excluding hydrogens is 436 g/mol. The lowest BCUT2D eigenvalue weighted by molar-refractivity contribution is 0.484. The van der Waals surface area contributed by atoms with Gasteiger partial charge in [-0.3, -0.25) is 14.7 Å². The van der Waals surface area contributed by atoms with E-state index in [2.05, 4.69) is 27.2 Å². The quantitative estimate of drug-likeness (QED) is 0.519. The molecule has 162 valence electrons. The fourth-order valence-electron chi connectivity index (χ4n) is 3.61. The Labute approximate surface area is 183 Å². The molecule has 11 heteroatoms. The molecule has 1 aliphatic rings. The third-order valence-electron chi connectivity index (χ3n) is 5.24. The van der Waals surface area contributed by atoms with Gasteiger partial charge in [-0.25, -0.2) is 13.4 Å². The molecule has 3 aromatic rings. The van der Waals surface area contributed by atoms with E-state index in [1.807, 2.05) is 0 Å². The van der Waals surface area contributed by atoms with Gasteiger partial charge in [0.05, 0.1) is 17.0 Å². The zero-order valence-corrected chi connectivity index (χ0v) is 18.3. The summed E-state index contributed by atoms with van der Waals surface area (Å²) in [6.45, 7) is 8.44. The van der Waals surface area contributed by atoms with Crippen LogP contribution in [0.15, 0.2) is 69.8 Å². The molecule has 1 saturated carbocycles. The van der Waals surface area contributed by atoms with E-state index in [1.165, 1.54) is 18.5 Å². The summed E-state index contributed by atoms with van der Waals surface area (Å²) in [4.78, 5) is 3.84. The maximum absolute atomic E-state index is 12.6. The Morgan fingerprint density at radius 2 is 2.29 bits per heavy atom. The normalized spacial score (nSPS) is 18.9. The Morgan fingerprint density at radius 1 is 1.48 bits per heavy atom. The number of hydrogen-bond donors (Lipinski definition) is 3. The molecule has 0 radical (unpaired) electrons. The van der Waals surface area contributed by atoms with E-state index in [4.69, 9.17) is 15.6 Å². The minimum absolute atomic E-state index is 0.00466. The van der Waals surface area contributed by atoms with Crippen molar-refractivity contribution in [3.05, 3.63) is 66.2 Å². The second kappa shape index (κ2) is 8.25. The lowest BCUT2D eigenvalue weighted by Crippen LogP contribution is -2.26. The van der Waals surface area contributed by atoms with Crippen molar-refractivity contribution in [2.45, 2.75) is 36.7 Å². The maximum atomic E-state index is 12.6. The van der Waals surface area contributed by atoms with Crippen LogP contribution in [0, 0.1) is 5.41 Å². The Bertz CT molecular complexity index is 1350. The Balaban J connectivity index is 1.70. The van der Waals surface area contributed by atoms with Crippen LogP contribution in [0.2, 0.25) is 0 Å². The molecule has 0 saturated heterocycles. The molecule has 0 aliphatic heterocycles. The minimum atomic E-state index is -3.86. The van der Waals surface area contributed by atoms with Gasteiger partial charge >= 0.3 is 0 Å². The molecular formula is C20H22N6O3S2. The Kier molecular flexibility index (Phi) is 5.65.